The van der Waals surface area contributed by atoms with E-state index in [1.807, 2.05) is 40.5 Å². The summed E-state index contributed by atoms with van der Waals surface area (Å²) in [6.45, 7) is 7.92. The molecule has 0 radical (unpaired) electrons. The van der Waals surface area contributed by atoms with Gasteiger partial charge in [0.1, 0.15) is 5.69 Å². The summed E-state index contributed by atoms with van der Waals surface area (Å²) in [7, 11) is 1.94. The third-order valence-electron chi connectivity index (χ3n) is 5.22. The van der Waals surface area contributed by atoms with Crippen molar-refractivity contribution in [2.45, 2.75) is 52.5 Å². The molecule has 1 atom stereocenters. The van der Waals surface area contributed by atoms with Gasteiger partial charge in [-0.25, -0.2) is 0 Å². The third kappa shape index (κ3) is 3.78. The smallest absolute Gasteiger partial charge is 0.272 e. The van der Waals surface area contributed by atoms with E-state index in [0.29, 0.717) is 12.0 Å². The molecule has 3 rings (SSSR count). The number of likely N-dealkylation sites (tertiary alicyclic amines) is 1. The van der Waals surface area contributed by atoms with Crippen molar-refractivity contribution in [3.63, 3.8) is 0 Å². The Morgan fingerprint density at radius 2 is 2.12 bits per heavy atom. The molecule has 0 N–H and O–H groups in total. The highest BCUT2D eigenvalue weighted by atomic mass is 16.2. The largest absolute Gasteiger partial charge is 0.337 e. The summed E-state index contributed by atoms with van der Waals surface area (Å²) in [6, 6.07) is 2.23. The molecule has 3 heterocycles. The van der Waals surface area contributed by atoms with Gasteiger partial charge in [0.15, 0.2) is 0 Å². The molecule has 0 spiro atoms. The Bertz CT molecular complexity index is 728. The topological polar surface area (TPSA) is 56.0 Å². The van der Waals surface area contributed by atoms with Crippen molar-refractivity contribution in [1.82, 2.24) is 24.5 Å². The summed E-state index contributed by atoms with van der Waals surface area (Å²) in [5.41, 5.74) is 2.91. The maximum atomic E-state index is 13.1. The fourth-order valence-electron chi connectivity index (χ4n) is 3.85. The quantitative estimate of drug-likeness (QED) is 0.810. The molecule has 0 unspecified atom stereocenters. The molecule has 1 fully saturated rings. The van der Waals surface area contributed by atoms with Crippen molar-refractivity contribution in [3.05, 3.63) is 35.4 Å². The predicted octanol–water partition coefficient (Wildman–Crippen LogP) is 2.99. The minimum Gasteiger partial charge on any atom is -0.337 e. The number of nitrogens with zero attached hydrogens (tertiary/aromatic N) is 5. The number of aromatic nitrogens is 4. The summed E-state index contributed by atoms with van der Waals surface area (Å²) in [5.74, 6) is 0.639. The zero-order chi connectivity index (χ0) is 18.0. The Hall–Kier alpha value is -2.11. The van der Waals surface area contributed by atoms with Crippen molar-refractivity contribution < 1.29 is 4.79 Å². The second kappa shape index (κ2) is 7.42. The van der Waals surface area contributed by atoms with Gasteiger partial charge in [0, 0.05) is 26.3 Å². The number of aryl methyl sites for hydroxylation is 2. The highest BCUT2D eigenvalue weighted by molar-refractivity contribution is 5.93. The molecular weight excluding hydrogens is 314 g/mol. The van der Waals surface area contributed by atoms with Crippen LogP contribution in [0, 0.1) is 12.8 Å². The second-order valence-electron chi connectivity index (χ2n) is 7.22. The van der Waals surface area contributed by atoms with Crippen molar-refractivity contribution in [2.75, 3.05) is 13.1 Å². The van der Waals surface area contributed by atoms with Gasteiger partial charge in [-0.3, -0.25) is 14.2 Å². The second-order valence-corrected chi connectivity index (χ2v) is 7.22. The number of hydrogen-bond donors (Lipinski definition) is 0. The molecule has 6 nitrogen and oxygen atoms in total. The summed E-state index contributed by atoms with van der Waals surface area (Å²) < 4.78 is 3.79. The number of carbonyl (C=O) groups excluding carboxylic acids is 1. The van der Waals surface area contributed by atoms with Crippen LogP contribution in [0.4, 0.5) is 0 Å². The average Bonchev–Trinajstić information content (AvgIpc) is 3.30. The molecule has 136 valence electrons. The highest BCUT2D eigenvalue weighted by Crippen LogP contribution is 2.25. The molecule has 0 bridgehead atoms. The zero-order valence-electron chi connectivity index (χ0n) is 15.8. The van der Waals surface area contributed by atoms with E-state index in [9.17, 15) is 4.79 Å². The lowest BCUT2D eigenvalue weighted by atomic mass is 10.0. The lowest BCUT2D eigenvalue weighted by Gasteiger charge is -2.20. The molecule has 1 amide bonds. The van der Waals surface area contributed by atoms with Crippen molar-refractivity contribution in [2.24, 2.45) is 13.0 Å². The van der Waals surface area contributed by atoms with Gasteiger partial charge in [-0.15, -0.1) is 0 Å². The van der Waals surface area contributed by atoms with E-state index in [-0.39, 0.29) is 5.91 Å². The number of hydrogen-bond acceptors (Lipinski definition) is 3. The van der Waals surface area contributed by atoms with Gasteiger partial charge >= 0.3 is 0 Å². The van der Waals surface area contributed by atoms with Crippen LogP contribution in [0.3, 0.4) is 0 Å². The third-order valence-corrected chi connectivity index (χ3v) is 5.22. The average molecular weight is 343 g/mol. The molecule has 0 aliphatic carbocycles. The fourth-order valence-corrected chi connectivity index (χ4v) is 3.85. The lowest BCUT2D eigenvalue weighted by Crippen LogP contribution is -2.31. The SMILES string of the molecule is CCC(CC)n1nc(C)cc1C(=O)N1CC[C@H](Cc2cnn(C)c2)C1. The van der Waals surface area contributed by atoms with Gasteiger partial charge in [0.25, 0.3) is 5.91 Å². The Balaban J connectivity index is 1.70. The van der Waals surface area contributed by atoms with Gasteiger partial charge in [-0.05, 0) is 50.2 Å². The normalized spacial score (nSPS) is 17.6. The van der Waals surface area contributed by atoms with E-state index in [1.165, 1.54) is 5.56 Å². The van der Waals surface area contributed by atoms with E-state index in [2.05, 4.69) is 30.2 Å². The highest BCUT2D eigenvalue weighted by Gasteiger charge is 2.30. The molecule has 0 saturated carbocycles. The molecule has 6 heteroatoms. The van der Waals surface area contributed by atoms with E-state index in [0.717, 1.165) is 50.2 Å². The maximum Gasteiger partial charge on any atom is 0.272 e. The van der Waals surface area contributed by atoms with Gasteiger partial charge in [-0.2, -0.15) is 10.2 Å². The number of rotatable bonds is 6. The monoisotopic (exact) mass is 343 g/mol. The van der Waals surface area contributed by atoms with Crippen LogP contribution in [-0.4, -0.2) is 43.5 Å². The first kappa shape index (κ1) is 17.7. The van der Waals surface area contributed by atoms with Crippen LogP contribution in [0.5, 0.6) is 0 Å². The van der Waals surface area contributed by atoms with Crippen LogP contribution in [0.15, 0.2) is 18.5 Å². The Labute approximate surface area is 149 Å². The molecule has 25 heavy (non-hydrogen) atoms. The van der Waals surface area contributed by atoms with E-state index in [1.54, 1.807) is 0 Å². The molecule has 1 saturated heterocycles. The molecule has 0 aromatic carbocycles. The standard InChI is InChI=1S/C19H29N5O/c1-5-17(6-2)24-18(9-14(3)21-24)19(25)23-8-7-15(13-23)10-16-11-20-22(4)12-16/h9,11-12,15,17H,5-8,10,13H2,1-4H3/t15-/m1/s1. The Kier molecular flexibility index (Phi) is 5.25. The maximum absolute atomic E-state index is 13.1. The van der Waals surface area contributed by atoms with Gasteiger partial charge < -0.3 is 4.90 Å². The Morgan fingerprint density at radius 1 is 1.36 bits per heavy atom. The van der Waals surface area contributed by atoms with Crippen LogP contribution < -0.4 is 0 Å². The van der Waals surface area contributed by atoms with Crippen LogP contribution in [0.1, 0.15) is 60.9 Å². The minimum absolute atomic E-state index is 0.126. The van der Waals surface area contributed by atoms with E-state index < -0.39 is 0 Å². The van der Waals surface area contributed by atoms with Crippen LogP contribution in [0.25, 0.3) is 0 Å². The summed E-state index contributed by atoms with van der Waals surface area (Å²) in [4.78, 5) is 15.1. The van der Waals surface area contributed by atoms with Gasteiger partial charge in [0.05, 0.1) is 17.9 Å². The van der Waals surface area contributed by atoms with Crippen LogP contribution in [-0.2, 0) is 13.5 Å². The van der Waals surface area contributed by atoms with Crippen molar-refractivity contribution in [1.29, 1.82) is 0 Å². The minimum atomic E-state index is 0.126. The molecular formula is C19H29N5O. The van der Waals surface area contributed by atoms with Gasteiger partial charge in [0.2, 0.25) is 0 Å². The zero-order valence-corrected chi connectivity index (χ0v) is 15.8. The van der Waals surface area contributed by atoms with Crippen molar-refractivity contribution in [3.8, 4) is 0 Å². The molecule has 2 aromatic rings. The van der Waals surface area contributed by atoms with E-state index >= 15 is 0 Å². The fraction of sp³-hybridized carbons (Fsp3) is 0.632. The first-order valence-electron chi connectivity index (χ1n) is 9.34. The summed E-state index contributed by atoms with van der Waals surface area (Å²) >= 11 is 0. The summed E-state index contributed by atoms with van der Waals surface area (Å²) in [6.07, 6.45) is 8.01. The van der Waals surface area contributed by atoms with Crippen LogP contribution in [0.2, 0.25) is 0 Å². The molecule has 2 aromatic heterocycles. The van der Waals surface area contributed by atoms with Crippen molar-refractivity contribution >= 4 is 5.91 Å². The predicted molar refractivity (Wildman–Crippen MR) is 97.5 cm³/mol. The number of amides is 1. The van der Waals surface area contributed by atoms with E-state index in [4.69, 9.17) is 0 Å². The number of carbonyl (C=O) groups is 1. The Morgan fingerprint density at radius 3 is 2.76 bits per heavy atom. The summed E-state index contributed by atoms with van der Waals surface area (Å²) in [5, 5.41) is 8.83. The first-order chi connectivity index (χ1) is 12.0. The van der Waals surface area contributed by atoms with Gasteiger partial charge in [-0.1, -0.05) is 13.8 Å². The molecule has 1 aliphatic rings. The van der Waals surface area contributed by atoms with Crippen LogP contribution >= 0.6 is 0 Å². The first-order valence-corrected chi connectivity index (χ1v) is 9.34. The molecule has 1 aliphatic heterocycles. The lowest BCUT2D eigenvalue weighted by molar-refractivity contribution is 0.0771.